The molecule has 35 heteroatoms. The van der Waals surface area contributed by atoms with E-state index in [-0.39, 0.29) is 163 Å². The number of hydrogen-bond donors (Lipinski definition) is 8. The number of anilines is 5. The van der Waals surface area contributed by atoms with Gasteiger partial charge in [-0.25, -0.2) is 17.4 Å². The second kappa shape index (κ2) is 23.5. The molecule has 5 rings (SSSR count). The van der Waals surface area contributed by atoms with Gasteiger partial charge in [-0.2, -0.15) is 48.6 Å². The number of halogens is 1. The molecule has 25 nitrogen and oxygen atoms in total. The van der Waals surface area contributed by atoms with Crippen molar-refractivity contribution in [2.24, 2.45) is 16.0 Å². The summed E-state index contributed by atoms with van der Waals surface area (Å²) in [7, 11) is -24.4. The van der Waals surface area contributed by atoms with Crippen LogP contribution in [0.2, 0.25) is 5.28 Å². The molecule has 1 aromatic heterocycles. The number of aromatic nitrogens is 3. The Morgan fingerprint density at radius 3 is 1.71 bits per heavy atom. The number of amides is 2. The summed E-state index contributed by atoms with van der Waals surface area (Å²) in [5, 5.41) is 14.1. The van der Waals surface area contributed by atoms with Crippen LogP contribution in [0.15, 0.2) is 96.5 Å². The van der Waals surface area contributed by atoms with Crippen LogP contribution in [0.25, 0.3) is 10.8 Å². The molecule has 0 unspecified atom stereocenters. The maximum absolute atomic E-state index is 12.5. The predicted octanol–water partition coefficient (Wildman–Crippen LogP) is -8.58. The number of nitrogens with one attached hydrogen (secondary N) is 3. The molecule has 4 aromatic carbocycles. The van der Waals surface area contributed by atoms with Gasteiger partial charge in [0.05, 0.1) is 27.8 Å². The number of carbonyl (C=O) groups excluding carboxylic acids is 1. The van der Waals surface area contributed by atoms with Crippen LogP contribution in [-0.4, -0.2) is 93.6 Å². The van der Waals surface area contributed by atoms with Crippen molar-refractivity contribution in [1.29, 1.82) is 0 Å². The number of sulfone groups is 1. The third kappa shape index (κ3) is 16.9. The Labute approximate surface area is 451 Å². The van der Waals surface area contributed by atoms with Crippen LogP contribution < -0.4 is 140 Å². The monoisotopic (exact) mass is 1030 g/mol. The third-order valence-electron chi connectivity index (χ3n) is 7.26. The summed E-state index contributed by atoms with van der Waals surface area (Å²) in [5.74, 6) is -1.10. The number of fused-ring (bicyclic) bond motifs is 1. The topological polar surface area (TPSA) is 403 Å². The molecule has 9 N–H and O–H groups in total. The molecule has 0 saturated carbocycles. The number of primary amides is 1. The Morgan fingerprint density at radius 2 is 1.19 bits per heavy atom. The van der Waals surface area contributed by atoms with Crippen molar-refractivity contribution in [3.63, 3.8) is 0 Å². The zero-order valence-corrected chi connectivity index (χ0v) is 45.5. The second-order valence-electron chi connectivity index (χ2n) is 11.4. The van der Waals surface area contributed by atoms with Gasteiger partial charge < -0.3 is 21.7 Å². The molecule has 63 heavy (non-hydrogen) atoms. The Kier molecular flexibility index (Phi) is 22.1. The first-order valence-electron chi connectivity index (χ1n) is 15.2. The molecule has 0 radical (unpaired) electrons. The van der Waals surface area contributed by atoms with Gasteiger partial charge in [-0.3, -0.25) is 18.2 Å². The van der Waals surface area contributed by atoms with Crippen molar-refractivity contribution >= 4 is 119 Å². The van der Waals surface area contributed by atoms with E-state index < -0.39 is 100 Å². The molecule has 0 fully saturated rings. The molecule has 0 aliphatic rings. The predicted molar refractivity (Wildman–Crippen MR) is 205 cm³/mol. The summed E-state index contributed by atoms with van der Waals surface area (Å²) < 4.78 is 161. The molecule has 0 saturated heterocycles. The largest absolute Gasteiger partial charge is 1.00 e. The van der Waals surface area contributed by atoms with Gasteiger partial charge in [0.25, 0.3) is 30.4 Å². The molecule has 0 bridgehead atoms. The van der Waals surface area contributed by atoms with Crippen LogP contribution in [0, 0.1) is 0 Å². The van der Waals surface area contributed by atoms with E-state index >= 15 is 0 Å². The molecule has 0 aliphatic carbocycles. The summed E-state index contributed by atoms with van der Waals surface area (Å²) in [4.78, 5) is 20.6. The molecule has 314 valence electrons. The van der Waals surface area contributed by atoms with E-state index in [0.29, 0.717) is 18.2 Å². The zero-order chi connectivity index (χ0) is 43.7. The minimum atomic E-state index is -5.23. The van der Waals surface area contributed by atoms with Crippen molar-refractivity contribution < 1.29 is 188 Å². The van der Waals surface area contributed by atoms with Gasteiger partial charge in [-0.15, -0.1) is 10.2 Å². The van der Waals surface area contributed by atoms with Crippen LogP contribution in [0.5, 0.6) is 0 Å². The minimum absolute atomic E-state index is 0. The van der Waals surface area contributed by atoms with Crippen molar-refractivity contribution in [3.05, 3.63) is 72.0 Å². The van der Waals surface area contributed by atoms with E-state index in [1.165, 1.54) is 42.5 Å². The Hall–Kier alpha value is -1.54. The van der Waals surface area contributed by atoms with E-state index in [4.69, 9.17) is 21.9 Å². The van der Waals surface area contributed by atoms with E-state index in [0.717, 1.165) is 6.07 Å². The van der Waals surface area contributed by atoms with Gasteiger partial charge in [0.15, 0.2) is 9.84 Å². The Bertz CT molecular complexity index is 3140. The number of rotatable bonds is 15. The fourth-order valence-electron chi connectivity index (χ4n) is 4.84. The van der Waals surface area contributed by atoms with E-state index in [9.17, 15) is 60.5 Å². The molecule has 0 spiro atoms. The van der Waals surface area contributed by atoms with E-state index in [1.54, 1.807) is 0 Å². The molecule has 5 aromatic rings. The van der Waals surface area contributed by atoms with Crippen LogP contribution in [-0.2, 0) is 54.8 Å². The summed E-state index contributed by atoms with van der Waals surface area (Å²) in [6.07, 6.45) is 0. The van der Waals surface area contributed by atoms with Gasteiger partial charge in [-0.05, 0) is 83.7 Å². The van der Waals surface area contributed by atoms with Gasteiger partial charge in [-0.1, -0.05) is 0 Å². The number of urea groups is 1. The van der Waals surface area contributed by atoms with Crippen molar-refractivity contribution in [1.82, 2.24) is 15.0 Å². The number of nitrogens with two attached hydrogens (primary N) is 1. The summed E-state index contributed by atoms with van der Waals surface area (Å²) in [5.41, 5.74) is 4.55. The van der Waals surface area contributed by atoms with Gasteiger partial charge in [0.1, 0.15) is 21.2 Å². The van der Waals surface area contributed by atoms with E-state index in [1.807, 2.05) is 0 Å². The first kappa shape index (κ1) is 59.5. The Balaban J connectivity index is 0.00000496. The maximum atomic E-state index is 12.5. The number of carbonyl (C=O) groups is 1. The maximum Gasteiger partial charge on any atom is 1.00 e. The summed E-state index contributed by atoms with van der Waals surface area (Å²) in [6.45, 7) is -0.828. The molecule has 2 amide bonds. The van der Waals surface area contributed by atoms with Gasteiger partial charge >= 0.3 is 135 Å². The fourth-order valence-corrected chi connectivity index (χ4v) is 8.48. The summed E-state index contributed by atoms with van der Waals surface area (Å²) >= 11 is 6.08. The number of hydrogen-bond acceptors (Lipinski definition) is 19. The summed E-state index contributed by atoms with van der Waals surface area (Å²) in [6, 6.07) is 10.0. The SMILES string of the molecule is NC(=O)Nc1cc(Nc2nc(Cl)nc(Nc3ccc(S(=O)(=O)CCOS(=O)(=O)O)cc3)n2)ccc1N=Nc1cc2c(S(=O)(=O)O)cc(S(=O)(=O)O)cc2cc1S(=O)(=O)O.[Na+].[Na+].[Na+].[Na+]. The zero-order valence-electron chi connectivity index (χ0n) is 32.7. The van der Waals surface area contributed by atoms with Crippen LogP contribution >= 0.6 is 11.6 Å². The average molecular weight is 1030 g/mol. The minimum Gasteiger partial charge on any atom is -0.351 e. The second-order valence-corrected chi connectivity index (χ2v) is 19.1. The normalized spacial score (nSPS) is 12.0. The van der Waals surface area contributed by atoms with Crippen LogP contribution in [0.1, 0.15) is 0 Å². The average Bonchev–Trinajstić information content (AvgIpc) is 3.08. The van der Waals surface area contributed by atoms with Crippen molar-refractivity contribution in [2.75, 3.05) is 28.3 Å². The van der Waals surface area contributed by atoms with Gasteiger partial charge in [0, 0.05) is 16.8 Å². The van der Waals surface area contributed by atoms with Crippen molar-refractivity contribution in [2.45, 2.75) is 19.6 Å². The van der Waals surface area contributed by atoms with Crippen LogP contribution in [0.4, 0.5) is 45.1 Å². The van der Waals surface area contributed by atoms with Gasteiger partial charge in [0.2, 0.25) is 17.2 Å². The quantitative estimate of drug-likeness (QED) is 0.0274. The third-order valence-corrected chi connectivity index (χ3v) is 12.2. The Morgan fingerprint density at radius 1 is 0.651 bits per heavy atom. The first-order valence-corrected chi connectivity index (χ1v) is 23.0. The standard InChI is InChI=1S/C28H24ClN9O16S5.4Na/c29-25-34-27(31-15-1-4-17(5-2-15)55(40,41)8-7-54-59(51,52)53)36-28(35-25)32-16-3-6-20(21(11-16)33-26(30)39)37-38-22-13-19-14(10-24(22)58(48,49)50)9-18(56(42,43)44)12-23(19)57(45,46)47;;;;/h1-6,9-13H,7-8H2,(H3,30,33,39)(H,42,43,44)(H,45,46,47)(H,48,49,50)(H,51,52,53)(H2,31,32,34,35,36);;;;/q;4*+1. The van der Waals surface area contributed by atoms with Crippen molar-refractivity contribution in [3.8, 4) is 0 Å². The van der Waals surface area contributed by atoms with E-state index in [2.05, 4.69) is 45.3 Å². The molecular formula is C28H24ClN9Na4O16S5+4. The first-order chi connectivity index (χ1) is 27.2. The molecule has 0 atom stereocenters. The molecular weight excluding hydrogens is 1010 g/mol. The smallest absolute Gasteiger partial charge is 0.351 e. The number of nitrogens with zero attached hydrogens (tertiary/aromatic N) is 5. The number of benzene rings is 4. The fraction of sp³-hybridized carbons (Fsp3) is 0.0714. The molecule has 0 aliphatic heterocycles. The van der Waals surface area contributed by atoms with Crippen LogP contribution in [0.3, 0.4) is 0 Å². The molecule has 1 heterocycles. The number of azo groups is 1.